The van der Waals surface area contributed by atoms with E-state index in [4.69, 9.17) is 36.0 Å². The summed E-state index contributed by atoms with van der Waals surface area (Å²) in [7, 11) is 23.4. The van der Waals surface area contributed by atoms with Gasteiger partial charge in [0.25, 0.3) is 0 Å². The van der Waals surface area contributed by atoms with Crippen LogP contribution in [-0.2, 0) is 20.4 Å². The van der Waals surface area contributed by atoms with E-state index in [-0.39, 0.29) is 41.1 Å². The monoisotopic (exact) mass is 513 g/mol. The molecule has 0 atom stereocenters. The zero-order chi connectivity index (χ0) is 23.7. The minimum atomic E-state index is -1.90. The van der Waals surface area contributed by atoms with E-state index >= 15 is 0 Å². The summed E-state index contributed by atoms with van der Waals surface area (Å²) < 4.78 is 27.7. The van der Waals surface area contributed by atoms with Gasteiger partial charge in [-0.1, -0.05) is 5.16 Å². The van der Waals surface area contributed by atoms with Gasteiger partial charge < -0.3 is 15.1 Å². The molecule has 1 aliphatic rings. The van der Waals surface area contributed by atoms with E-state index in [1.807, 2.05) is 0 Å². The number of hydrogen-bond donors (Lipinski definition) is 1. The van der Waals surface area contributed by atoms with Crippen molar-refractivity contribution in [3.8, 4) is 0 Å². The smallest absolute Gasteiger partial charge is 0.323 e. The summed E-state index contributed by atoms with van der Waals surface area (Å²) in [5.41, 5.74) is 0.514. The van der Waals surface area contributed by atoms with Crippen LogP contribution in [-0.4, -0.2) is 80.4 Å². The molecule has 2 aromatic rings. The predicted molar refractivity (Wildman–Crippen MR) is 124 cm³/mol. The lowest BCUT2D eigenvalue weighted by atomic mass is 9.60. The van der Waals surface area contributed by atoms with Gasteiger partial charge in [0, 0.05) is 18.8 Å². The molecule has 1 aromatic carbocycles. The zero-order valence-corrected chi connectivity index (χ0v) is 19.1. The number of nitrogens with one attached hydrogen (secondary N) is 1. The van der Waals surface area contributed by atoms with Crippen LogP contribution in [0.25, 0.3) is 0 Å². The number of hydrogen-bond acceptors (Lipinski definition) is 8. The van der Waals surface area contributed by atoms with Crippen molar-refractivity contribution in [1.82, 2.24) is 10.3 Å². The molecule has 1 aliphatic heterocycles. The Bertz CT molecular complexity index is 1050. The van der Waals surface area contributed by atoms with Gasteiger partial charge in [-0.05, 0) is 77.2 Å². The number of carbonyl (C=O) groups is 1. The van der Waals surface area contributed by atoms with E-state index in [1.54, 1.807) is 7.05 Å². The molecule has 16 heteroatoms. The first kappa shape index (κ1) is 24.6. The Labute approximate surface area is 199 Å². The van der Waals surface area contributed by atoms with E-state index in [0.29, 0.717) is 5.69 Å². The molecule has 2 heterocycles. The van der Waals surface area contributed by atoms with Crippen molar-refractivity contribution in [2.45, 2.75) is 28.0 Å². The molecule has 1 N–H and O–H groups in total. The number of benzene rings is 1. The zero-order valence-electron chi connectivity index (χ0n) is 16.7. The van der Waals surface area contributed by atoms with Gasteiger partial charge in [-0.25, -0.2) is 9.02 Å². The van der Waals surface area contributed by atoms with Crippen LogP contribution in [0.1, 0.15) is 18.5 Å². The van der Waals surface area contributed by atoms with Gasteiger partial charge in [-0.2, -0.15) is 0 Å². The normalized spacial score (nSPS) is 22.2. The molecule has 1 aromatic heterocycles. The Balaban J connectivity index is 1.93. The second kappa shape index (κ2) is 9.42. The summed E-state index contributed by atoms with van der Waals surface area (Å²) in [6.45, 7) is 0.111. The van der Waals surface area contributed by atoms with Crippen molar-refractivity contribution in [1.29, 1.82) is 0 Å². The van der Waals surface area contributed by atoms with E-state index in [2.05, 4.69) is 41.6 Å². The van der Waals surface area contributed by atoms with Gasteiger partial charge in [0.2, 0.25) is 11.7 Å². The molecular weight excluding hydrogens is 500 g/mol. The molecule has 1 saturated heterocycles. The second-order valence-corrected chi connectivity index (χ2v) is 10.1. The Morgan fingerprint density at radius 2 is 2.03 bits per heavy atom. The van der Waals surface area contributed by atoms with Crippen molar-refractivity contribution in [2.75, 3.05) is 17.3 Å². The molecule has 0 saturated carbocycles. The Hall–Kier alpha value is -2.08. The van der Waals surface area contributed by atoms with Gasteiger partial charge in [-0.15, -0.1) is 0 Å². The Morgan fingerprint density at radius 3 is 2.62 bits per heavy atom. The summed E-state index contributed by atoms with van der Waals surface area (Å²) in [6, 6.07) is 3.64. The van der Waals surface area contributed by atoms with E-state index in [0.717, 1.165) is 0 Å². The van der Waals surface area contributed by atoms with Gasteiger partial charge in [-0.3, -0.25) is 9.00 Å². The molecule has 3 rings (SSSR count). The first-order valence-electron chi connectivity index (χ1n) is 8.99. The van der Waals surface area contributed by atoms with Crippen LogP contribution in [0.5, 0.6) is 0 Å². The fraction of sp³-hybridized carbons (Fsp3) is 0.375. The maximum atomic E-state index is 13.6. The summed E-state index contributed by atoms with van der Waals surface area (Å²) in [5, 5.41) is 14.4. The maximum Gasteiger partial charge on any atom is 0.323 e. The molecule has 0 amide bonds. The second-order valence-electron chi connectivity index (χ2n) is 7.16. The molecule has 0 unspecified atom stereocenters. The highest BCUT2D eigenvalue weighted by Gasteiger charge is 2.44. The number of oxime groups is 1. The maximum absolute atomic E-state index is 13.6. The number of nitrogens with zero attached hydrogens (tertiary/aromatic N) is 4. The fourth-order valence-electron chi connectivity index (χ4n) is 3.22. The van der Waals surface area contributed by atoms with Crippen LogP contribution >= 0.6 is 15.9 Å². The van der Waals surface area contributed by atoms with E-state index in [1.165, 1.54) is 23.1 Å². The van der Waals surface area contributed by atoms with Crippen molar-refractivity contribution in [3.05, 3.63) is 34.2 Å². The minimum Gasteiger partial charge on any atom is -0.363 e. The van der Waals surface area contributed by atoms with Crippen LogP contribution in [0, 0.1) is 5.82 Å². The highest BCUT2D eigenvalue weighted by Crippen LogP contribution is 2.34. The largest absolute Gasteiger partial charge is 0.363 e. The number of aromatic nitrogens is 2. The van der Waals surface area contributed by atoms with E-state index in [9.17, 15) is 13.4 Å². The number of halogens is 2. The average Bonchev–Trinajstić information content (AvgIpc) is 3.15. The van der Waals surface area contributed by atoms with Gasteiger partial charge in [0.05, 0.1) is 35.9 Å². The lowest BCUT2D eigenvalue weighted by Crippen LogP contribution is -2.58. The topological polar surface area (TPSA) is 110 Å². The fourth-order valence-corrected chi connectivity index (χ4v) is 5.00. The van der Waals surface area contributed by atoms with Gasteiger partial charge in [0.1, 0.15) is 5.82 Å². The quantitative estimate of drug-likeness (QED) is 0.146. The van der Waals surface area contributed by atoms with Crippen molar-refractivity contribution in [2.24, 2.45) is 5.16 Å². The summed E-state index contributed by atoms with van der Waals surface area (Å²) in [6.07, 6.45) is 0.0836. The summed E-state index contributed by atoms with van der Waals surface area (Å²) >= 11 is 3.11. The number of carbonyl (C=O) groups excluding carboxylic acids is 1. The molecule has 9 nitrogen and oxygen atoms in total. The minimum absolute atomic E-state index is 0.00253. The van der Waals surface area contributed by atoms with Crippen molar-refractivity contribution in [3.63, 3.8) is 0 Å². The predicted octanol–water partition coefficient (Wildman–Crippen LogP) is 0.247. The summed E-state index contributed by atoms with van der Waals surface area (Å²) in [4.78, 5) is 16.8. The van der Waals surface area contributed by atoms with Gasteiger partial charge in [0.15, 0.2) is 5.69 Å². The first-order valence-corrected chi connectivity index (χ1v) is 10.9. The van der Waals surface area contributed by atoms with E-state index < -0.39 is 31.8 Å². The molecule has 32 heavy (non-hydrogen) atoms. The lowest BCUT2D eigenvalue weighted by Gasteiger charge is -2.45. The molecule has 8 radical (unpaired) electrons. The molecule has 0 spiro atoms. The SMILES string of the molecule is [B]C1([B])CC(Nc2nonc2/C(=N/OC=O)N(C)c2ccc(F)c(Br)c2)CC([B])([B])S1=O. The average molecular weight is 514 g/mol. The first-order chi connectivity index (χ1) is 15.0. The van der Waals surface area contributed by atoms with Crippen LogP contribution in [0.15, 0.2) is 32.5 Å². The highest BCUT2D eigenvalue weighted by molar-refractivity contribution is 9.10. The van der Waals surface area contributed by atoms with Crippen LogP contribution < -0.4 is 10.2 Å². The standard InChI is InChI=1S/C16H13B4BrFN5O4S/c1-27(9-2-3-11(22)10(21)4-9)14(26-30-7-28)12-13(25-31-24-12)23-8-5-15(17,18)32(29)16(19,20)6-8/h2-4,7-8H,5-6H2,1H3,(H,23,25)/b26-14-. The molecular formula is C16H13B4BrFN5O4S. The van der Waals surface area contributed by atoms with Crippen LogP contribution in [0.3, 0.4) is 0 Å². The van der Waals surface area contributed by atoms with Crippen LogP contribution in [0.4, 0.5) is 15.9 Å². The third-order valence-corrected chi connectivity index (χ3v) is 6.97. The highest BCUT2D eigenvalue weighted by atomic mass is 79.9. The number of anilines is 2. The third-order valence-electron chi connectivity index (χ3n) is 4.65. The van der Waals surface area contributed by atoms with Crippen LogP contribution in [0.2, 0.25) is 0 Å². The molecule has 1 fully saturated rings. The number of rotatable bonds is 6. The Morgan fingerprint density at radius 1 is 1.38 bits per heavy atom. The molecule has 0 bridgehead atoms. The summed E-state index contributed by atoms with van der Waals surface area (Å²) in [5.74, 6) is -0.392. The third kappa shape index (κ3) is 5.11. The Kier molecular flexibility index (Phi) is 7.23. The lowest BCUT2D eigenvalue weighted by molar-refractivity contribution is -0.128. The molecule has 0 aliphatic carbocycles. The molecule has 158 valence electrons. The van der Waals surface area contributed by atoms with Crippen molar-refractivity contribution < 1.29 is 22.9 Å². The van der Waals surface area contributed by atoms with Gasteiger partial charge >= 0.3 is 6.47 Å². The number of amidine groups is 1. The van der Waals surface area contributed by atoms with Crippen molar-refractivity contribution >= 4 is 81.9 Å².